The zero-order valence-electron chi connectivity index (χ0n) is 9.86. The molecular weight excluding hydrogens is 311 g/mol. The van der Waals surface area contributed by atoms with E-state index in [1.165, 1.54) is 12.1 Å². The van der Waals surface area contributed by atoms with E-state index in [1.54, 1.807) is 24.3 Å². The second-order valence-corrected chi connectivity index (χ2v) is 4.70. The summed E-state index contributed by atoms with van der Waals surface area (Å²) >= 11 is 3.32. The summed E-state index contributed by atoms with van der Waals surface area (Å²) in [5, 5.41) is 8.77. The van der Waals surface area contributed by atoms with Crippen molar-refractivity contribution in [2.75, 3.05) is 5.73 Å². The molecule has 0 aliphatic rings. The molecule has 19 heavy (non-hydrogen) atoms. The lowest BCUT2D eigenvalue weighted by Gasteiger charge is -2.10. The van der Waals surface area contributed by atoms with Crippen LogP contribution in [0.3, 0.4) is 0 Å². The van der Waals surface area contributed by atoms with Crippen LogP contribution in [0.4, 0.5) is 10.1 Å². The number of anilines is 1. The third kappa shape index (κ3) is 3.24. The lowest BCUT2D eigenvalue weighted by molar-refractivity contribution is 0.304. The lowest BCUT2D eigenvalue weighted by Crippen LogP contribution is -1.99. The molecular formula is C14H10BrFN2O. The Morgan fingerprint density at radius 3 is 2.84 bits per heavy atom. The molecule has 5 heteroatoms. The van der Waals surface area contributed by atoms with Gasteiger partial charge in [-0.3, -0.25) is 0 Å². The van der Waals surface area contributed by atoms with Gasteiger partial charge in [-0.05, 0) is 51.8 Å². The Balaban J connectivity index is 2.17. The maximum absolute atomic E-state index is 13.2. The van der Waals surface area contributed by atoms with Crippen molar-refractivity contribution in [2.45, 2.75) is 6.61 Å². The summed E-state index contributed by atoms with van der Waals surface area (Å²) in [5.74, 6) is 0.118. The van der Waals surface area contributed by atoms with Gasteiger partial charge in [0.15, 0.2) is 0 Å². The first-order valence-electron chi connectivity index (χ1n) is 5.46. The molecule has 2 aromatic rings. The number of halogens is 2. The largest absolute Gasteiger partial charge is 0.488 e. The summed E-state index contributed by atoms with van der Waals surface area (Å²) in [6, 6.07) is 11.3. The lowest BCUT2D eigenvalue weighted by atomic mass is 10.1. The molecule has 0 fully saturated rings. The fourth-order valence-electron chi connectivity index (χ4n) is 1.60. The minimum atomic E-state index is -0.454. The van der Waals surface area contributed by atoms with Crippen LogP contribution in [-0.4, -0.2) is 0 Å². The molecule has 2 aromatic carbocycles. The zero-order valence-corrected chi connectivity index (χ0v) is 11.4. The van der Waals surface area contributed by atoms with Gasteiger partial charge in [0.05, 0.1) is 16.1 Å². The molecule has 0 heterocycles. The van der Waals surface area contributed by atoms with Crippen molar-refractivity contribution in [3.05, 3.63) is 57.8 Å². The maximum Gasteiger partial charge on any atom is 0.136 e. The Morgan fingerprint density at radius 2 is 2.11 bits per heavy atom. The monoisotopic (exact) mass is 320 g/mol. The van der Waals surface area contributed by atoms with E-state index in [4.69, 9.17) is 15.7 Å². The minimum Gasteiger partial charge on any atom is -0.488 e. The topological polar surface area (TPSA) is 59.0 Å². The quantitative estimate of drug-likeness (QED) is 0.879. The van der Waals surface area contributed by atoms with Crippen LogP contribution < -0.4 is 10.5 Å². The van der Waals surface area contributed by atoms with Crippen LogP contribution in [0.1, 0.15) is 11.1 Å². The number of nitrogen functional groups attached to an aromatic ring is 1. The van der Waals surface area contributed by atoms with Gasteiger partial charge in [0.25, 0.3) is 0 Å². The van der Waals surface area contributed by atoms with Crippen molar-refractivity contribution in [1.82, 2.24) is 0 Å². The first kappa shape index (κ1) is 13.4. The van der Waals surface area contributed by atoms with Crippen molar-refractivity contribution in [1.29, 1.82) is 5.26 Å². The number of hydrogen-bond acceptors (Lipinski definition) is 3. The standard InChI is InChI=1S/C14H10BrFN2O/c15-14-12(18)2-1-3-13(14)19-8-10-4-9(7-17)5-11(16)6-10/h1-6H,8,18H2. The highest BCUT2D eigenvalue weighted by atomic mass is 79.9. The number of nitrogens with zero attached hydrogens (tertiary/aromatic N) is 1. The number of ether oxygens (including phenoxy) is 1. The second-order valence-electron chi connectivity index (χ2n) is 3.91. The molecule has 0 atom stereocenters. The highest BCUT2D eigenvalue weighted by Crippen LogP contribution is 2.30. The van der Waals surface area contributed by atoms with Crippen LogP contribution in [0, 0.1) is 17.1 Å². The smallest absolute Gasteiger partial charge is 0.136 e. The average molecular weight is 321 g/mol. The van der Waals surface area contributed by atoms with Crippen molar-refractivity contribution in [3.63, 3.8) is 0 Å². The average Bonchev–Trinajstić information content (AvgIpc) is 2.40. The molecule has 0 amide bonds. The Labute approximate surface area is 118 Å². The van der Waals surface area contributed by atoms with E-state index in [1.807, 2.05) is 6.07 Å². The van der Waals surface area contributed by atoms with Gasteiger partial charge in [0.1, 0.15) is 18.2 Å². The molecule has 0 saturated heterocycles. The van der Waals surface area contributed by atoms with E-state index >= 15 is 0 Å². The normalized spacial score (nSPS) is 9.95. The summed E-state index contributed by atoms with van der Waals surface area (Å²) in [4.78, 5) is 0. The molecule has 0 aliphatic heterocycles. The summed E-state index contributed by atoms with van der Waals surface area (Å²) in [5.41, 5.74) is 7.15. The van der Waals surface area contributed by atoms with Crippen LogP contribution in [0.15, 0.2) is 40.9 Å². The fraction of sp³-hybridized carbons (Fsp3) is 0.0714. The van der Waals surface area contributed by atoms with Crippen molar-refractivity contribution < 1.29 is 9.13 Å². The molecule has 0 saturated carbocycles. The third-order valence-electron chi connectivity index (χ3n) is 2.47. The molecule has 0 bridgehead atoms. The van der Waals surface area contributed by atoms with E-state index in [0.717, 1.165) is 0 Å². The second kappa shape index (κ2) is 5.72. The molecule has 0 spiro atoms. The molecule has 0 unspecified atom stereocenters. The molecule has 0 aliphatic carbocycles. The number of hydrogen-bond donors (Lipinski definition) is 1. The summed E-state index contributed by atoms with van der Waals surface area (Å²) < 4.78 is 19.5. The van der Waals surface area contributed by atoms with Gasteiger partial charge in [0.2, 0.25) is 0 Å². The van der Waals surface area contributed by atoms with Crippen molar-refractivity contribution >= 4 is 21.6 Å². The Morgan fingerprint density at radius 1 is 1.32 bits per heavy atom. The van der Waals surface area contributed by atoms with Gasteiger partial charge >= 0.3 is 0 Å². The minimum absolute atomic E-state index is 0.161. The molecule has 0 radical (unpaired) electrons. The Bertz CT molecular complexity index is 652. The number of benzene rings is 2. The van der Waals surface area contributed by atoms with E-state index in [9.17, 15) is 4.39 Å². The van der Waals surface area contributed by atoms with Gasteiger partial charge in [-0.25, -0.2) is 4.39 Å². The first-order chi connectivity index (χ1) is 9.10. The molecule has 2 rings (SSSR count). The molecule has 96 valence electrons. The Kier molecular flexibility index (Phi) is 4.03. The van der Waals surface area contributed by atoms with E-state index in [2.05, 4.69) is 15.9 Å². The van der Waals surface area contributed by atoms with Crippen LogP contribution in [0.25, 0.3) is 0 Å². The highest BCUT2D eigenvalue weighted by Gasteiger charge is 2.06. The van der Waals surface area contributed by atoms with Crippen molar-refractivity contribution in [2.24, 2.45) is 0 Å². The first-order valence-corrected chi connectivity index (χ1v) is 6.26. The van der Waals surface area contributed by atoms with Crippen LogP contribution >= 0.6 is 15.9 Å². The molecule has 2 N–H and O–H groups in total. The third-order valence-corrected chi connectivity index (χ3v) is 3.32. The van der Waals surface area contributed by atoms with Crippen LogP contribution in [-0.2, 0) is 6.61 Å². The predicted octanol–water partition coefficient (Wildman–Crippen LogP) is 3.62. The molecule has 3 nitrogen and oxygen atoms in total. The van der Waals surface area contributed by atoms with E-state index < -0.39 is 5.82 Å². The summed E-state index contributed by atoms with van der Waals surface area (Å²) in [6.45, 7) is 0.161. The SMILES string of the molecule is N#Cc1cc(F)cc(COc2cccc(N)c2Br)c1. The number of rotatable bonds is 3. The number of nitrogens with two attached hydrogens (primary N) is 1. The molecule has 0 aromatic heterocycles. The predicted molar refractivity (Wildman–Crippen MR) is 74.0 cm³/mol. The highest BCUT2D eigenvalue weighted by molar-refractivity contribution is 9.10. The van der Waals surface area contributed by atoms with E-state index in [-0.39, 0.29) is 12.2 Å². The van der Waals surface area contributed by atoms with Gasteiger partial charge < -0.3 is 10.5 Å². The van der Waals surface area contributed by atoms with E-state index in [0.29, 0.717) is 21.5 Å². The fourth-order valence-corrected chi connectivity index (χ4v) is 1.98. The zero-order chi connectivity index (χ0) is 13.8. The van der Waals surface area contributed by atoms with Crippen LogP contribution in [0.2, 0.25) is 0 Å². The van der Waals surface area contributed by atoms with Gasteiger partial charge in [-0.15, -0.1) is 0 Å². The Hall–Kier alpha value is -2.06. The number of nitriles is 1. The van der Waals surface area contributed by atoms with Crippen LogP contribution in [0.5, 0.6) is 5.75 Å². The van der Waals surface area contributed by atoms with Crippen molar-refractivity contribution in [3.8, 4) is 11.8 Å². The van der Waals surface area contributed by atoms with Gasteiger partial charge in [0, 0.05) is 5.69 Å². The summed E-state index contributed by atoms with van der Waals surface area (Å²) in [6.07, 6.45) is 0. The van der Waals surface area contributed by atoms with Gasteiger partial charge in [-0.1, -0.05) is 6.07 Å². The van der Waals surface area contributed by atoms with Gasteiger partial charge in [-0.2, -0.15) is 5.26 Å². The summed E-state index contributed by atoms with van der Waals surface area (Å²) in [7, 11) is 0. The maximum atomic E-state index is 13.2.